The summed E-state index contributed by atoms with van der Waals surface area (Å²) in [4.78, 5) is 38.7. The molecule has 1 atom stereocenters. The molecule has 1 aromatic carbocycles. The molecular weight excluding hydrogens is 546 g/mol. The van der Waals surface area contributed by atoms with Crippen LogP contribution >= 0.6 is 24.0 Å². The van der Waals surface area contributed by atoms with E-state index >= 15 is 0 Å². The first-order chi connectivity index (χ1) is 19.4. The average molecular weight is 578 g/mol. The van der Waals surface area contributed by atoms with Gasteiger partial charge in [0.15, 0.2) is 0 Å². The van der Waals surface area contributed by atoms with E-state index in [2.05, 4.69) is 15.9 Å². The summed E-state index contributed by atoms with van der Waals surface area (Å²) in [5.41, 5.74) is 2.75. The van der Waals surface area contributed by atoms with Gasteiger partial charge in [0, 0.05) is 39.0 Å². The van der Waals surface area contributed by atoms with Gasteiger partial charge in [-0.1, -0.05) is 42.2 Å². The van der Waals surface area contributed by atoms with E-state index in [-0.39, 0.29) is 17.6 Å². The van der Waals surface area contributed by atoms with E-state index in [0.717, 1.165) is 42.9 Å². The van der Waals surface area contributed by atoms with E-state index in [9.17, 15) is 9.59 Å². The molecule has 3 saturated heterocycles. The summed E-state index contributed by atoms with van der Waals surface area (Å²) >= 11 is 6.79. The topological polar surface area (TPSA) is 79.6 Å². The van der Waals surface area contributed by atoms with Gasteiger partial charge in [0.05, 0.1) is 35.9 Å². The summed E-state index contributed by atoms with van der Waals surface area (Å²) in [6, 6.07) is 11.8. The third-order valence-corrected chi connectivity index (χ3v) is 8.93. The first-order valence-corrected chi connectivity index (χ1v) is 14.7. The van der Waals surface area contributed by atoms with Gasteiger partial charge in [-0.15, -0.1) is 0 Å². The van der Waals surface area contributed by atoms with Crippen LogP contribution in [0.15, 0.2) is 52.3 Å². The second-order valence-electron chi connectivity index (χ2n) is 10.2. The number of para-hydroxylation sites is 2. The molecule has 0 bridgehead atoms. The number of nitrogens with zero attached hydrogens (tertiary/aromatic N) is 5. The molecule has 0 radical (unpaired) electrons. The van der Waals surface area contributed by atoms with Crippen LogP contribution in [-0.2, 0) is 9.53 Å². The second-order valence-corrected chi connectivity index (χ2v) is 11.8. The van der Waals surface area contributed by atoms with Gasteiger partial charge < -0.3 is 19.3 Å². The van der Waals surface area contributed by atoms with E-state index in [0.29, 0.717) is 52.5 Å². The maximum absolute atomic E-state index is 13.9. The molecule has 3 fully saturated rings. The maximum atomic E-state index is 13.9. The Morgan fingerprint density at radius 2 is 1.90 bits per heavy atom. The van der Waals surface area contributed by atoms with Crippen LogP contribution in [0.5, 0.6) is 5.75 Å². The van der Waals surface area contributed by atoms with Crippen molar-refractivity contribution in [1.82, 2.24) is 14.3 Å². The number of pyridine rings is 1. The average Bonchev–Trinajstić information content (AvgIpc) is 3.58. The Kier molecular flexibility index (Phi) is 7.52. The van der Waals surface area contributed by atoms with Gasteiger partial charge in [0.25, 0.3) is 11.5 Å². The Labute approximate surface area is 242 Å². The van der Waals surface area contributed by atoms with Gasteiger partial charge in [-0.25, -0.2) is 4.98 Å². The molecule has 3 aliphatic rings. The number of rotatable bonds is 6. The van der Waals surface area contributed by atoms with Crippen LogP contribution in [0.25, 0.3) is 11.7 Å². The summed E-state index contributed by atoms with van der Waals surface area (Å²) in [7, 11) is 1.68. The molecule has 11 heteroatoms. The number of hydrogen-bond donors (Lipinski definition) is 0. The molecule has 3 aliphatic heterocycles. The van der Waals surface area contributed by atoms with Crippen molar-refractivity contribution >= 4 is 57.4 Å². The van der Waals surface area contributed by atoms with Crippen LogP contribution in [0.4, 0.5) is 11.5 Å². The largest absolute Gasteiger partial charge is 0.495 e. The van der Waals surface area contributed by atoms with Crippen molar-refractivity contribution in [2.75, 3.05) is 56.2 Å². The van der Waals surface area contributed by atoms with Gasteiger partial charge in [0.1, 0.15) is 21.5 Å². The van der Waals surface area contributed by atoms with Crippen molar-refractivity contribution in [2.45, 2.75) is 25.9 Å². The van der Waals surface area contributed by atoms with Crippen molar-refractivity contribution < 1.29 is 14.3 Å². The zero-order valence-corrected chi connectivity index (χ0v) is 24.2. The Bertz CT molecular complexity index is 1560. The number of hydrogen-bond acceptors (Lipinski definition) is 9. The SMILES string of the molecule is COc1ccccc1N1CCN(c2nc3ccc(C)cn3c(=O)c2/C=C2\SC(=S)N(C[C@H]3CCCO3)C2=O)CC1. The molecule has 0 unspecified atom stereocenters. The standard InChI is InChI=1S/C29H31N5O4S2/c1-19-9-10-25-30-26(32-13-11-31(12-14-32)22-7-3-4-8-23(22)37-2)21(27(35)33(25)17-19)16-24-28(36)34(29(39)40-24)18-20-6-5-15-38-20/h3-4,7-10,16-17,20H,5-6,11-15,18H2,1-2H3/b24-16-/t20-/m1/s1. The van der Waals surface area contributed by atoms with Crippen LogP contribution in [0.1, 0.15) is 24.0 Å². The molecule has 5 heterocycles. The predicted molar refractivity (Wildman–Crippen MR) is 162 cm³/mol. The number of anilines is 2. The minimum Gasteiger partial charge on any atom is -0.495 e. The fraction of sp³-hybridized carbons (Fsp3) is 0.379. The minimum absolute atomic E-state index is 0.00659. The zero-order chi connectivity index (χ0) is 27.8. The van der Waals surface area contributed by atoms with E-state index in [4.69, 9.17) is 26.7 Å². The van der Waals surface area contributed by atoms with Crippen LogP contribution in [0, 0.1) is 6.92 Å². The predicted octanol–water partition coefficient (Wildman–Crippen LogP) is 3.72. The first-order valence-electron chi connectivity index (χ1n) is 13.5. The lowest BCUT2D eigenvalue weighted by Gasteiger charge is -2.37. The molecule has 1 amide bonds. The number of aromatic nitrogens is 2. The number of benzene rings is 1. The molecule has 208 valence electrons. The lowest BCUT2D eigenvalue weighted by atomic mass is 10.2. The number of methoxy groups -OCH3 is 1. The summed E-state index contributed by atoms with van der Waals surface area (Å²) < 4.78 is 13.4. The number of ether oxygens (including phenoxy) is 2. The van der Waals surface area contributed by atoms with E-state index in [1.54, 1.807) is 28.7 Å². The summed E-state index contributed by atoms with van der Waals surface area (Å²) in [6.07, 6.45) is 5.36. The fourth-order valence-corrected chi connectivity index (χ4v) is 6.70. The van der Waals surface area contributed by atoms with Gasteiger partial charge in [-0.2, -0.15) is 0 Å². The monoisotopic (exact) mass is 577 g/mol. The van der Waals surface area contributed by atoms with Gasteiger partial charge in [-0.05, 0) is 49.6 Å². The number of carbonyl (C=O) groups is 1. The maximum Gasteiger partial charge on any atom is 0.267 e. The van der Waals surface area contributed by atoms with Crippen molar-refractivity contribution in [1.29, 1.82) is 0 Å². The number of carbonyl (C=O) groups excluding carboxylic acids is 1. The zero-order valence-electron chi connectivity index (χ0n) is 22.5. The van der Waals surface area contributed by atoms with Gasteiger partial charge in [0.2, 0.25) is 0 Å². The number of fused-ring (bicyclic) bond motifs is 1. The first kappa shape index (κ1) is 26.8. The third-order valence-electron chi connectivity index (χ3n) is 7.55. The summed E-state index contributed by atoms with van der Waals surface area (Å²) in [6.45, 7) is 5.87. The van der Waals surface area contributed by atoms with Crippen molar-refractivity contribution in [3.63, 3.8) is 0 Å². The lowest BCUT2D eigenvalue weighted by Crippen LogP contribution is -2.47. The molecule has 3 aromatic rings. The minimum atomic E-state index is -0.208. The third kappa shape index (κ3) is 5.09. The normalized spacial score (nSPS) is 20.8. The highest BCUT2D eigenvalue weighted by Crippen LogP contribution is 2.35. The molecule has 0 N–H and O–H groups in total. The van der Waals surface area contributed by atoms with Crippen LogP contribution in [-0.4, -0.2) is 77.1 Å². The van der Waals surface area contributed by atoms with E-state index in [1.165, 1.54) is 11.8 Å². The van der Waals surface area contributed by atoms with E-state index in [1.807, 2.05) is 37.3 Å². The number of aryl methyl sites for hydroxylation is 1. The highest BCUT2D eigenvalue weighted by atomic mass is 32.2. The summed E-state index contributed by atoms with van der Waals surface area (Å²) in [5, 5.41) is 0. The summed E-state index contributed by atoms with van der Waals surface area (Å²) in [5.74, 6) is 1.23. The Hall–Kier alpha value is -3.41. The molecule has 9 nitrogen and oxygen atoms in total. The fourth-order valence-electron chi connectivity index (χ4n) is 5.44. The molecule has 0 saturated carbocycles. The van der Waals surface area contributed by atoms with Crippen molar-refractivity contribution in [3.05, 3.63) is 69.0 Å². The van der Waals surface area contributed by atoms with E-state index < -0.39 is 0 Å². The number of piperazine rings is 1. The molecule has 40 heavy (non-hydrogen) atoms. The number of thiocarbonyl (C=S) groups is 1. The molecule has 0 spiro atoms. The van der Waals surface area contributed by atoms with Crippen LogP contribution in [0.2, 0.25) is 0 Å². The Morgan fingerprint density at radius 3 is 2.65 bits per heavy atom. The Morgan fingerprint density at radius 1 is 1.12 bits per heavy atom. The van der Waals surface area contributed by atoms with Crippen molar-refractivity contribution in [3.8, 4) is 5.75 Å². The van der Waals surface area contributed by atoms with Gasteiger partial charge in [-0.3, -0.25) is 18.9 Å². The highest BCUT2D eigenvalue weighted by molar-refractivity contribution is 8.26. The molecule has 6 rings (SSSR count). The quantitative estimate of drug-likeness (QED) is 0.322. The highest BCUT2D eigenvalue weighted by Gasteiger charge is 2.35. The van der Waals surface area contributed by atoms with Crippen LogP contribution in [0.3, 0.4) is 0 Å². The smallest absolute Gasteiger partial charge is 0.267 e. The second kappa shape index (κ2) is 11.2. The molecule has 2 aromatic heterocycles. The lowest BCUT2D eigenvalue weighted by molar-refractivity contribution is -0.123. The Balaban J connectivity index is 1.34. The number of amides is 1. The van der Waals surface area contributed by atoms with Gasteiger partial charge >= 0.3 is 0 Å². The molecule has 0 aliphatic carbocycles. The van der Waals surface area contributed by atoms with Crippen molar-refractivity contribution in [2.24, 2.45) is 0 Å². The molecular formula is C29H31N5O4S2. The van der Waals surface area contributed by atoms with Crippen LogP contribution < -0.4 is 20.1 Å². The number of thioether (sulfide) groups is 1.